The Kier molecular flexibility index (Phi) is 5.81. The normalized spacial score (nSPS) is 12.7. The lowest BCUT2D eigenvalue weighted by Gasteiger charge is -2.16. The highest BCUT2D eigenvalue weighted by molar-refractivity contribution is 7.15. The molecule has 1 heterocycles. The van der Waals surface area contributed by atoms with Crippen LogP contribution in [0.3, 0.4) is 0 Å². The summed E-state index contributed by atoms with van der Waals surface area (Å²) in [6, 6.07) is 11.6. The van der Waals surface area contributed by atoms with Crippen LogP contribution in [0.2, 0.25) is 0 Å². The number of thiophene rings is 1. The zero-order valence-corrected chi connectivity index (χ0v) is 17.7. The molecule has 1 aromatic heterocycles. The van der Waals surface area contributed by atoms with Gasteiger partial charge in [-0.3, -0.25) is 14.9 Å². The third-order valence-corrected chi connectivity index (χ3v) is 6.28. The molecular formula is C23H20N2O5S. The average molecular weight is 436 g/mol. The summed E-state index contributed by atoms with van der Waals surface area (Å²) in [5.74, 6) is -1.09. The summed E-state index contributed by atoms with van der Waals surface area (Å²) in [7, 11) is 1.29. The topological polar surface area (TPSA) is 98.5 Å². The highest BCUT2D eigenvalue weighted by Crippen LogP contribution is 2.38. The van der Waals surface area contributed by atoms with Crippen LogP contribution < -0.4 is 5.32 Å². The summed E-state index contributed by atoms with van der Waals surface area (Å²) >= 11 is 1.22. The van der Waals surface area contributed by atoms with Crippen molar-refractivity contribution >= 4 is 33.9 Å². The zero-order chi connectivity index (χ0) is 22.0. The largest absolute Gasteiger partial charge is 0.465 e. The summed E-state index contributed by atoms with van der Waals surface area (Å²) in [4.78, 5) is 35.7. The number of carbonyl (C=O) groups is 2. The highest BCUT2D eigenvalue weighted by Gasteiger charge is 2.24. The van der Waals surface area contributed by atoms with Gasteiger partial charge < -0.3 is 10.1 Å². The van der Waals surface area contributed by atoms with Gasteiger partial charge in [0.1, 0.15) is 10.6 Å². The fourth-order valence-electron chi connectivity index (χ4n) is 3.80. The van der Waals surface area contributed by atoms with Gasteiger partial charge in [-0.05, 0) is 48.4 Å². The molecule has 0 aliphatic heterocycles. The number of nitro benzene ring substituents is 1. The van der Waals surface area contributed by atoms with E-state index in [0.717, 1.165) is 24.8 Å². The van der Waals surface area contributed by atoms with Gasteiger partial charge in [0, 0.05) is 28.6 Å². The van der Waals surface area contributed by atoms with Crippen LogP contribution in [0.1, 0.15) is 44.7 Å². The molecule has 0 atom stereocenters. The number of non-ortho nitro benzene ring substituents is 1. The van der Waals surface area contributed by atoms with Gasteiger partial charge in [-0.15, -0.1) is 11.3 Å². The Balaban J connectivity index is 1.69. The van der Waals surface area contributed by atoms with Crippen molar-refractivity contribution in [3.63, 3.8) is 0 Å². The molecule has 158 valence electrons. The maximum Gasteiger partial charge on any atom is 0.341 e. The monoisotopic (exact) mass is 436 g/mol. The van der Waals surface area contributed by atoms with Crippen LogP contribution in [0.5, 0.6) is 0 Å². The van der Waals surface area contributed by atoms with E-state index in [1.807, 2.05) is 11.4 Å². The lowest BCUT2D eigenvalue weighted by molar-refractivity contribution is -0.384. The Morgan fingerprint density at radius 1 is 1.10 bits per heavy atom. The van der Waals surface area contributed by atoms with Crippen LogP contribution in [0.25, 0.3) is 11.1 Å². The van der Waals surface area contributed by atoms with Gasteiger partial charge in [0.25, 0.3) is 11.6 Å². The van der Waals surface area contributed by atoms with E-state index in [0.29, 0.717) is 10.6 Å². The molecule has 1 aliphatic rings. The molecule has 1 aliphatic carbocycles. The SMILES string of the molecule is COC(=O)c1c(-c2ccc3c(c2)CCCC3)csc1NC(=O)c1cccc([N+](=O)[O-])c1. The van der Waals surface area contributed by atoms with Gasteiger partial charge in [0.2, 0.25) is 0 Å². The number of hydrogen-bond acceptors (Lipinski definition) is 6. The smallest absolute Gasteiger partial charge is 0.341 e. The van der Waals surface area contributed by atoms with Crippen LogP contribution in [0, 0.1) is 10.1 Å². The van der Waals surface area contributed by atoms with E-state index in [1.165, 1.54) is 60.3 Å². The predicted octanol–water partition coefficient (Wildman–Crippen LogP) is 5.24. The Morgan fingerprint density at radius 2 is 1.87 bits per heavy atom. The van der Waals surface area contributed by atoms with E-state index in [9.17, 15) is 19.7 Å². The number of hydrogen-bond donors (Lipinski definition) is 1. The number of nitrogens with one attached hydrogen (secondary N) is 1. The molecule has 3 aromatic rings. The molecule has 0 saturated heterocycles. The lowest BCUT2D eigenvalue weighted by atomic mass is 9.89. The predicted molar refractivity (Wildman–Crippen MR) is 119 cm³/mol. The summed E-state index contributed by atoms with van der Waals surface area (Å²) < 4.78 is 4.98. The number of esters is 1. The first-order valence-corrected chi connectivity index (χ1v) is 10.7. The minimum atomic E-state index is -0.560. The summed E-state index contributed by atoms with van der Waals surface area (Å²) in [6.45, 7) is 0. The van der Waals surface area contributed by atoms with Crippen molar-refractivity contribution < 1.29 is 19.2 Å². The number of nitrogens with zero attached hydrogens (tertiary/aromatic N) is 1. The standard InChI is InChI=1S/C23H20N2O5S/c1-30-23(27)20-19(16-10-9-14-5-2-3-6-15(14)11-16)13-31-22(20)24-21(26)17-7-4-8-18(12-17)25(28)29/h4,7-13H,2-3,5-6H2,1H3,(H,24,26). The summed E-state index contributed by atoms with van der Waals surface area (Å²) in [5.41, 5.74) is 4.45. The summed E-state index contributed by atoms with van der Waals surface area (Å²) in [5, 5.41) is 15.9. The molecule has 0 spiro atoms. The molecule has 1 amide bonds. The first kappa shape index (κ1) is 20.7. The maximum absolute atomic E-state index is 12.7. The van der Waals surface area contributed by atoms with Crippen LogP contribution >= 0.6 is 11.3 Å². The second-order valence-electron chi connectivity index (χ2n) is 7.30. The molecule has 0 fully saturated rings. The second kappa shape index (κ2) is 8.69. The summed E-state index contributed by atoms with van der Waals surface area (Å²) in [6.07, 6.45) is 4.41. The molecule has 8 heteroatoms. The van der Waals surface area contributed by atoms with Crippen molar-refractivity contribution in [2.45, 2.75) is 25.7 Å². The van der Waals surface area contributed by atoms with E-state index in [2.05, 4.69) is 17.4 Å². The van der Waals surface area contributed by atoms with Gasteiger partial charge in [0.15, 0.2) is 0 Å². The Bertz CT molecular complexity index is 1180. The molecule has 31 heavy (non-hydrogen) atoms. The van der Waals surface area contributed by atoms with Crippen LogP contribution in [-0.2, 0) is 17.6 Å². The number of rotatable bonds is 5. The molecule has 1 N–H and O–H groups in total. The lowest BCUT2D eigenvalue weighted by Crippen LogP contribution is -2.14. The van der Waals surface area contributed by atoms with Gasteiger partial charge >= 0.3 is 5.97 Å². The molecule has 4 rings (SSSR count). The number of carbonyl (C=O) groups excluding carboxylic acids is 2. The average Bonchev–Trinajstić information content (AvgIpc) is 3.21. The van der Waals surface area contributed by atoms with Crippen LogP contribution in [-0.4, -0.2) is 23.9 Å². The quantitative estimate of drug-likeness (QED) is 0.335. The second-order valence-corrected chi connectivity index (χ2v) is 8.18. The zero-order valence-electron chi connectivity index (χ0n) is 16.8. The van der Waals surface area contributed by atoms with E-state index < -0.39 is 16.8 Å². The van der Waals surface area contributed by atoms with E-state index in [-0.39, 0.29) is 16.8 Å². The van der Waals surface area contributed by atoms with Crippen molar-refractivity contribution in [3.05, 3.63) is 80.2 Å². The van der Waals surface area contributed by atoms with Crippen molar-refractivity contribution in [2.24, 2.45) is 0 Å². The minimum absolute atomic E-state index is 0.133. The molecule has 0 radical (unpaired) electrons. The number of anilines is 1. The number of methoxy groups -OCH3 is 1. The molecule has 2 aromatic carbocycles. The van der Waals surface area contributed by atoms with E-state index in [4.69, 9.17) is 4.74 Å². The Hall–Kier alpha value is -3.52. The van der Waals surface area contributed by atoms with Crippen LogP contribution in [0.15, 0.2) is 47.8 Å². The maximum atomic E-state index is 12.7. The Labute approximate surface area is 182 Å². The number of fused-ring (bicyclic) bond motifs is 1. The van der Waals surface area contributed by atoms with Crippen molar-refractivity contribution in [1.82, 2.24) is 0 Å². The van der Waals surface area contributed by atoms with Crippen molar-refractivity contribution in [2.75, 3.05) is 12.4 Å². The van der Waals surface area contributed by atoms with Gasteiger partial charge in [-0.2, -0.15) is 0 Å². The number of benzene rings is 2. The molecular weight excluding hydrogens is 416 g/mol. The van der Waals surface area contributed by atoms with Crippen molar-refractivity contribution in [3.8, 4) is 11.1 Å². The van der Waals surface area contributed by atoms with Gasteiger partial charge in [-0.1, -0.05) is 24.3 Å². The fourth-order valence-corrected chi connectivity index (χ4v) is 4.76. The van der Waals surface area contributed by atoms with Crippen LogP contribution in [0.4, 0.5) is 10.7 Å². The van der Waals surface area contributed by atoms with Gasteiger partial charge in [0.05, 0.1) is 12.0 Å². The minimum Gasteiger partial charge on any atom is -0.465 e. The first-order valence-electron chi connectivity index (χ1n) is 9.85. The third-order valence-electron chi connectivity index (χ3n) is 5.39. The number of nitro groups is 1. The van der Waals surface area contributed by atoms with E-state index in [1.54, 1.807) is 0 Å². The van der Waals surface area contributed by atoms with E-state index >= 15 is 0 Å². The fraction of sp³-hybridized carbons (Fsp3) is 0.217. The molecule has 7 nitrogen and oxygen atoms in total. The van der Waals surface area contributed by atoms with Gasteiger partial charge in [-0.25, -0.2) is 4.79 Å². The van der Waals surface area contributed by atoms with Crippen molar-refractivity contribution in [1.29, 1.82) is 0 Å². The molecule has 0 bridgehead atoms. The number of aryl methyl sites for hydroxylation is 2. The number of amides is 1. The molecule has 0 saturated carbocycles. The Morgan fingerprint density at radius 3 is 2.61 bits per heavy atom. The first-order chi connectivity index (χ1) is 15.0. The third kappa shape index (κ3) is 4.20. The number of ether oxygens (including phenoxy) is 1. The highest BCUT2D eigenvalue weighted by atomic mass is 32.1. The molecule has 0 unspecified atom stereocenters.